The summed E-state index contributed by atoms with van der Waals surface area (Å²) in [6.45, 7) is 3.28. The Balaban J connectivity index is 1.31. The van der Waals surface area contributed by atoms with Crippen molar-refractivity contribution in [1.29, 1.82) is 0 Å². The summed E-state index contributed by atoms with van der Waals surface area (Å²) >= 11 is 1.22. The average molecular weight is 597 g/mol. The summed E-state index contributed by atoms with van der Waals surface area (Å²) in [7, 11) is 0. The van der Waals surface area contributed by atoms with Crippen molar-refractivity contribution in [3.8, 4) is 5.75 Å². The van der Waals surface area contributed by atoms with Gasteiger partial charge in [-0.3, -0.25) is 19.0 Å². The number of para-hydroxylation sites is 1. The maximum absolute atomic E-state index is 13.9. The predicted molar refractivity (Wildman–Crippen MR) is 163 cm³/mol. The number of hydrogen-bond donors (Lipinski definition) is 1. The van der Waals surface area contributed by atoms with E-state index in [9.17, 15) is 18.8 Å². The number of hydrogen-bond acceptors (Lipinski definition) is 6. The summed E-state index contributed by atoms with van der Waals surface area (Å²) in [5.41, 5.74) is 2.43. The van der Waals surface area contributed by atoms with Gasteiger partial charge in [0.25, 0.3) is 17.4 Å². The molecule has 0 unspecified atom stereocenters. The van der Waals surface area contributed by atoms with Gasteiger partial charge in [0.2, 0.25) is 0 Å². The van der Waals surface area contributed by atoms with Crippen LogP contribution >= 0.6 is 11.3 Å². The van der Waals surface area contributed by atoms with E-state index >= 15 is 0 Å². The fraction of sp³-hybridized carbons (Fsp3) is 0.212. The number of ether oxygens (including phenoxy) is 1. The Morgan fingerprint density at radius 3 is 2.42 bits per heavy atom. The van der Waals surface area contributed by atoms with E-state index < -0.39 is 17.8 Å². The van der Waals surface area contributed by atoms with Gasteiger partial charge >= 0.3 is 0 Å². The fourth-order valence-electron chi connectivity index (χ4n) is 5.31. The van der Waals surface area contributed by atoms with Gasteiger partial charge in [-0.2, -0.15) is 0 Å². The van der Waals surface area contributed by atoms with E-state index in [1.165, 1.54) is 28.0 Å². The summed E-state index contributed by atoms with van der Waals surface area (Å²) in [5, 5.41) is 2.90. The molecule has 2 aliphatic rings. The highest BCUT2D eigenvalue weighted by molar-refractivity contribution is 7.07. The molecule has 1 fully saturated rings. The van der Waals surface area contributed by atoms with Gasteiger partial charge in [-0.15, -0.1) is 0 Å². The molecule has 4 aromatic rings. The summed E-state index contributed by atoms with van der Waals surface area (Å²) < 4.78 is 21.5. The number of carbonyl (C=O) groups is 2. The van der Waals surface area contributed by atoms with Crippen LogP contribution in [0.2, 0.25) is 0 Å². The van der Waals surface area contributed by atoms with E-state index in [4.69, 9.17) is 4.74 Å². The SMILES string of the molecule is CC1=C(C(=O)Nc2ccccc2)[C@H](c2ccc(F)cc2)n2c(s/c(=C/c3ccc(OCC(=O)N4CCCC4)cc3)c2=O)=N1. The van der Waals surface area contributed by atoms with Gasteiger partial charge in [-0.05, 0) is 73.4 Å². The Labute approximate surface area is 251 Å². The van der Waals surface area contributed by atoms with Crippen LogP contribution in [0.15, 0.2) is 99.9 Å². The normalized spacial score (nSPS) is 16.6. The van der Waals surface area contributed by atoms with Crippen molar-refractivity contribution in [2.24, 2.45) is 4.99 Å². The van der Waals surface area contributed by atoms with Gasteiger partial charge in [-0.25, -0.2) is 9.38 Å². The van der Waals surface area contributed by atoms with Crippen LogP contribution in [0.4, 0.5) is 10.1 Å². The van der Waals surface area contributed by atoms with Crippen LogP contribution in [-0.2, 0) is 9.59 Å². The van der Waals surface area contributed by atoms with Crippen LogP contribution in [0.25, 0.3) is 6.08 Å². The third-order valence-electron chi connectivity index (χ3n) is 7.48. The van der Waals surface area contributed by atoms with Crippen LogP contribution in [-0.4, -0.2) is 41.0 Å². The number of rotatable bonds is 7. The first kappa shape index (κ1) is 28.3. The number of allylic oxidation sites excluding steroid dienone is 1. The number of aromatic nitrogens is 1. The van der Waals surface area contributed by atoms with Crippen molar-refractivity contribution in [2.45, 2.75) is 25.8 Å². The van der Waals surface area contributed by atoms with E-state index in [-0.39, 0.29) is 18.1 Å². The topological polar surface area (TPSA) is 93.0 Å². The first-order chi connectivity index (χ1) is 20.9. The molecule has 1 N–H and O–H groups in total. The number of thiazole rings is 1. The molecule has 6 rings (SSSR count). The number of carbonyl (C=O) groups excluding carboxylic acids is 2. The van der Waals surface area contributed by atoms with Gasteiger partial charge in [-0.1, -0.05) is 53.8 Å². The van der Waals surface area contributed by atoms with Gasteiger partial charge in [0.15, 0.2) is 11.4 Å². The molecule has 1 aromatic heterocycles. The number of nitrogens with zero attached hydrogens (tertiary/aromatic N) is 3. The minimum atomic E-state index is -0.799. The highest BCUT2D eigenvalue weighted by Crippen LogP contribution is 2.31. The average Bonchev–Trinajstić information content (AvgIpc) is 3.65. The first-order valence-electron chi connectivity index (χ1n) is 14.0. The summed E-state index contributed by atoms with van der Waals surface area (Å²) in [6, 6.07) is 21.2. The third-order valence-corrected chi connectivity index (χ3v) is 8.47. The lowest BCUT2D eigenvalue weighted by molar-refractivity contribution is -0.132. The van der Waals surface area contributed by atoms with E-state index in [2.05, 4.69) is 10.3 Å². The zero-order valence-corrected chi connectivity index (χ0v) is 24.3. The van der Waals surface area contributed by atoms with Crippen LogP contribution in [0.5, 0.6) is 5.75 Å². The number of benzene rings is 3. The molecule has 0 aliphatic carbocycles. The van der Waals surface area contributed by atoms with Crippen molar-refractivity contribution >= 4 is 34.9 Å². The van der Waals surface area contributed by atoms with Crippen molar-refractivity contribution < 1.29 is 18.7 Å². The standard InChI is InChI=1S/C33H29FN4O4S/c1-21-29(31(40)36-25-7-3-2-4-8-25)30(23-11-13-24(34)14-12-23)38-32(41)27(43-33(38)35-21)19-22-9-15-26(16-10-22)42-20-28(39)37-17-5-6-18-37/h2-4,7-16,19,30H,5-6,17-18,20H2,1H3,(H,36,40)/b27-19+/t30-/m0/s1. The minimum Gasteiger partial charge on any atom is -0.484 e. The van der Waals surface area contributed by atoms with E-state index in [1.54, 1.807) is 49.4 Å². The van der Waals surface area contributed by atoms with Crippen LogP contribution in [0, 0.1) is 5.82 Å². The zero-order chi connectivity index (χ0) is 29.9. The Hall–Kier alpha value is -4.83. The molecule has 10 heteroatoms. The van der Waals surface area contributed by atoms with E-state index in [0.717, 1.165) is 31.5 Å². The van der Waals surface area contributed by atoms with E-state index in [0.29, 0.717) is 37.6 Å². The smallest absolute Gasteiger partial charge is 0.271 e. The number of nitrogens with one attached hydrogen (secondary N) is 1. The second-order valence-electron chi connectivity index (χ2n) is 10.4. The Morgan fingerprint density at radius 2 is 1.72 bits per heavy atom. The van der Waals surface area contributed by atoms with Crippen LogP contribution < -0.4 is 24.9 Å². The van der Waals surface area contributed by atoms with Crippen molar-refractivity contribution in [2.75, 3.05) is 25.0 Å². The second kappa shape index (κ2) is 12.2. The quantitative estimate of drug-likeness (QED) is 0.349. The van der Waals surface area contributed by atoms with Gasteiger partial charge < -0.3 is 15.0 Å². The highest BCUT2D eigenvalue weighted by Gasteiger charge is 2.32. The first-order valence-corrected chi connectivity index (χ1v) is 14.8. The molecule has 2 aliphatic heterocycles. The lowest BCUT2D eigenvalue weighted by atomic mass is 9.95. The fourth-order valence-corrected chi connectivity index (χ4v) is 6.35. The Bertz CT molecular complexity index is 1870. The number of amides is 2. The molecule has 2 amide bonds. The molecule has 218 valence electrons. The number of anilines is 1. The van der Waals surface area contributed by atoms with Gasteiger partial charge in [0.05, 0.1) is 21.8 Å². The summed E-state index contributed by atoms with van der Waals surface area (Å²) in [4.78, 5) is 46.6. The molecule has 0 spiro atoms. The molecule has 8 nitrogen and oxygen atoms in total. The monoisotopic (exact) mass is 596 g/mol. The molecule has 3 aromatic carbocycles. The molecule has 3 heterocycles. The third kappa shape index (κ3) is 6.05. The minimum absolute atomic E-state index is 0.0130. The molecule has 43 heavy (non-hydrogen) atoms. The molecule has 0 saturated carbocycles. The Kier molecular flexibility index (Phi) is 8.02. The van der Waals surface area contributed by atoms with Crippen molar-refractivity contribution in [1.82, 2.24) is 9.47 Å². The zero-order valence-electron chi connectivity index (χ0n) is 23.5. The lowest BCUT2D eigenvalue weighted by Crippen LogP contribution is -2.40. The van der Waals surface area contributed by atoms with Crippen LogP contribution in [0.1, 0.15) is 36.9 Å². The summed E-state index contributed by atoms with van der Waals surface area (Å²) in [6.07, 6.45) is 3.81. The molecule has 1 saturated heterocycles. The molecular formula is C33H29FN4O4S. The maximum Gasteiger partial charge on any atom is 0.271 e. The predicted octanol–water partition coefficient (Wildman–Crippen LogP) is 4.01. The van der Waals surface area contributed by atoms with Gasteiger partial charge in [0, 0.05) is 18.8 Å². The Morgan fingerprint density at radius 1 is 1.02 bits per heavy atom. The molecule has 0 bridgehead atoms. The highest BCUT2D eigenvalue weighted by atomic mass is 32.1. The summed E-state index contributed by atoms with van der Waals surface area (Å²) in [5.74, 6) is -0.271. The molecule has 1 atom stereocenters. The van der Waals surface area contributed by atoms with E-state index in [1.807, 2.05) is 35.2 Å². The van der Waals surface area contributed by atoms with Crippen molar-refractivity contribution in [3.63, 3.8) is 0 Å². The maximum atomic E-state index is 13.9. The van der Waals surface area contributed by atoms with Crippen LogP contribution in [0.3, 0.4) is 0 Å². The lowest BCUT2D eigenvalue weighted by Gasteiger charge is -2.25. The molecular weight excluding hydrogens is 567 g/mol. The van der Waals surface area contributed by atoms with Crippen molar-refractivity contribution in [3.05, 3.63) is 127 Å². The largest absolute Gasteiger partial charge is 0.484 e. The number of halogens is 1. The molecule has 0 radical (unpaired) electrons. The number of likely N-dealkylation sites (tertiary alicyclic amines) is 1. The number of fused-ring (bicyclic) bond motifs is 1. The van der Waals surface area contributed by atoms with Gasteiger partial charge in [0.1, 0.15) is 11.6 Å². The second-order valence-corrected chi connectivity index (χ2v) is 11.4.